The molecule has 1 aromatic rings. The first-order chi connectivity index (χ1) is 11.1. The van der Waals surface area contributed by atoms with Crippen molar-refractivity contribution >= 4 is 11.8 Å². The number of aromatic nitrogens is 2. The van der Waals surface area contributed by atoms with Gasteiger partial charge in [-0.05, 0) is 25.3 Å². The van der Waals surface area contributed by atoms with Crippen LogP contribution < -0.4 is 0 Å². The third kappa shape index (κ3) is 2.85. The van der Waals surface area contributed by atoms with Crippen LogP contribution >= 0.6 is 0 Å². The van der Waals surface area contributed by atoms with Crippen LogP contribution in [0.5, 0.6) is 0 Å². The number of nitrogens with zero attached hydrogens (tertiary/aromatic N) is 4. The van der Waals surface area contributed by atoms with Crippen LogP contribution in [0.15, 0.2) is 12.3 Å². The molecule has 2 fully saturated rings. The fourth-order valence-corrected chi connectivity index (χ4v) is 3.74. The highest BCUT2D eigenvalue weighted by Gasteiger charge is 2.49. The second kappa shape index (κ2) is 6.31. The van der Waals surface area contributed by atoms with Gasteiger partial charge in [-0.1, -0.05) is 0 Å². The highest BCUT2D eigenvalue weighted by Crippen LogP contribution is 2.40. The first-order valence-electron chi connectivity index (χ1n) is 8.13. The molecule has 0 saturated carbocycles. The van der Waals surface area contributed by atoms with E-state index >= 15 is 0 Å². The van der Waals surface area contributed by atoms with Crippen LogP contribution in [0.1, 0.15) is 29.8 Å². The number of likely N-dealkylation sites (tertiary alicyclic amines) is 2. The Labute approximate surface area is 136 Å². The van der Waals surface area contributed by atoms with Gasteiger partial charge in [0.2, 0.25) is 5.91 Å². The second-order valence-electron chi connectivity index (χ2n) is 6.49. The van der Waals surface area contributed by atoms with Crippen LogP contribution in [-0.4, -0.2) is 71.3 Å². The third-order valence-corrected chi connectivity index (χ3v) is 5.07. The van der Waals surface area contributed by atoms with Crippen molar-refractivity contribution < 1.29 is 14.3 Å². The van der Waals surface area contributed by atoms with Crippen molar-refractivity contribution in [2.45, 2.75) is 19.3 Å². The molecule has 0 bridgehead atoms. The van der Waals surface area contributed by atoms with E-state index in [1.54, 1.807) is 31.1 Å². The van der Waals surface area contributed by atoms with Gasteiger partial charge in [-0.2, -0.15) is 5.10 Å². The SMILES string of the molecule is COCCN1CCC2(CCCN(C(=O)c3ccnn3C)C2)C1=O. The van der Waals surface area contributed by atoms with E-state index in [4.69, 9.17) is 4.74 Å². The lowest BCUT2D eigenvalue weighted by molar-refractivity contribution is -0.138. The van der Waals surface area contributed by atoms with Gasteiger partial charge in [-0.3, -0.25) is 14.3 Å². The summed E-state index contributed by atoms with van der Waals surface area (Å²) in [6.07, 6.45) is 4.18. The fourth-order valence-electron chi connectivity index (χ4n) is 3.74. The minimum Gasteiger partial charge on any atom is -0.383 e. The van der Waals surface area contributed by atoms with Crippen molar-refractivity contribution in [1.82, 2.24) is 19.6 Å². The average Bonchev–Trinajstić information content (AvgIpc) is 3.11. The van der Waals surface area contributed by atoms with Gasteiger partial charge in [0.25, 0.3) is 5.91 Å². The van der Waals surface area contributed by atoms with E-state index in [1.807, 2.05) is 9.80 Å². The van der Waals surface area contributed by atoms with Gasteiger partial charge in [-0.25, -0.2) is 0 Å². The summed E-state index contributed by atoms with van der Waals surface area (Å²) < 4.78 is 6.67. The molecule has 1 aromatic heterocycles. The zero-order valence-corrected chi connectivity index (χ0v) is 13.8. The van der Waals surface area contributed by atoms with Gasteiger partial charge >= 0.3 is 0 Å². The van der Waals surface area contributed by atoms with Gasteiger partial charge < -0.3 is 14.5 Å². The molecule has 7 heteroatoms. The predicted octanol–water partition coefficient (Wildman–Crippen LogP) is 0.521. The van der Waals surface area contributed by atoms with E-state index in [1.165, 1.54) is 0 Å². The minimum atomic E-state index is -0.403. The Kier molecular flexibility index (Phi) is 4.39. The number of hydrogen-bond acceptors (Lipinski definition) is 4. The Morgan fingerprint density at radius 1 is 1.39 bits per heavy atom. The zero-order chi connectivity index (χ0) is 16.4. The first-order valence-corrected chi connectivity index (χ1v) is 8.13. The Bertz CT molecular complexity index is 600. The summed E-state index contributed by atoms with van der Waals surface area (Å²) in [5, 5.41) is 4.06. The number of carbonyl (C=O) groups excluding carboxylic acids is 2. The third-order valence-electron chi connectivity index (χ3n) is 5.07. The summed E-state index contributed by atoms with van der Waals surface area (Å²) in [5.74, 6) is 0.143. The van der Waals surface area contributed by atoms with Crippen LogP contribution in [0.4, 0.5) is 0 Å². The van der Waals surface area contributed by atoms with E-state index in [2.05, 4.69) is 5.10 Å². The Balaban J connectivity index is 1.72. The largest absolute Gasteiger partial charge is 0.383 e. The summed E-state index contributed by atoms with van der Waals surface area (Å²) >= 11 is 0. The lowest BCUT2D eigenvalue weighted by Gasteiger charge is -2.39. The number of piperidine rings is 1. The van der Waals surface area contributed by atoms with Crippen molar-refractivity contribution in [3.8, 4) is 0 Å². The van der Waals surface area contributed by atoms with Gasteiger partial charge in [0.15, 0.2) is 0 Å². The van der Waals surface area contributed by atoms with Crippen molar-refractivity contribution in [3.63, 3.8) is 0 Å². The number of amides is 2. The molecule has 0 aliphatic carbocycles. The van der Waals surface area contributed by atoms with Gasteiger partial charge in [0.1, 0.15) is 5.69 Å². The van der Waals surface area contributed by atoms with E-state index in [-0.39, 0.29) is 11.8 Å². The highest BCUT2D eigenvalue weighted by molar-refractivity contribution is 5.93. The standard InChI is InChI=1S/C16H24N4O3/c1-18-13(4-7-17-18)14(21)20-8-3-5-16(12-20)6-9-19(15(16)22)10-11-23-2/h4,7H,3,5-6,8-12H2,1-2H3. The number of rotatable bonds is 4. The normalized spacial score (nSPS) is 24.7. The van der Waals surface area contributed by atoms with E-state index in [9.17, 15) is 9.59 Å². The smallest absolute Gasteiger partial charge is 0.272 e. The lowest BCUT2D eigenvalue weighted by atomic mass is 9.78. The molecule has 2 aliphatic heterocycles. The molecule has 23 heavy (non-hydrogen) atoms. The molecule has 2 saturated heterocycles. The first kappa shape index (κ1) is 16.0. The Morgan fingerprint density at radius 2 is 2.22 bits per heavy atom. The van der Waals surface area contributed by atoms with E-state index < -0.39 is 5.41 Å². The van der Waals surface area contributed by atoms with Crippen molar-refractivity contribution in [1.29, 1.82) is 0 Å². The molecule has 1 atom stereocenters. The van der Waals surface area contributed by atoms with Crippen molar-refractivity contribution in [2.24, 2.45) is 12.5 Å². The molecule has 0 aromatic carbocycles. The van der Waals surface area contributed by atoms with Crippen LogP contribution in [-0.2, 0) is 16.6 Å². The van der Waals surface area contributed by atoms with E-state index in [0.717, 1.165) is 25.8 Å². The summed E-state index contributed by atoms with van der Waals surface area (Å²) in [6.45, 7) is 3.17. The Morgan fingerprint density at radius 3 is 2.91 bits per heavy atom. The molecule has 2 amide bonds. The molecule has 1 unspecified atom stereocenters. The van der Waals surface area contributed by atoms with Crippen molar-refractivity contribution in [2.75, 3.05) is 39.9 Å². The lowest BCUT2D eigenvalue weighted by Crippen LogP contribution is -2.50. The fraction of sp³-hybridized carbons (Fsp3) is 0.688. The minimum absolute atomic E-state index is 0.0350. The topological polar surface area (TPSA) is 67.7 Å². The molecule has 1 spiro atoms. The van der Waals surface area contributed by atoms with Crippen LogP contribution in [0.3, 0.4) is 0 Å². The number of carbonyl (C=O) groups is 2. The number of hydrogen-bond donors (Lipinski definition) is 0. The molecule has 0 N–H and O–H groups in total. The van der Waals surface area contributed by atoms with E-state index in [0.29, 0.717) is 31.9 Å². The molecule has 3 heterocycles. The maximum absolute atomic E-state index is 12.8. The van der Waals surface area contributed by atoms with Gasteiger partial charge in [0.05, 0.1) is 12.0 Å². The number of ether oxygens (including phenoxy) is 1. The van der Waals surface area contributed by atoms with Gasteiger partial charge in [-0.15, -0.1) is 0 Å². The molecule has 7 nitrogen and oxygen atoms in total. The molecule has 0 radical (unpaired) electrons. The van der Waals surface area contributed by atoms with Gasteiger partial charge in [0, 0.05) is 46.5 Å². The molecular weight excluding hydrogens is 296 g/mol. The Hall–Kier alpha value is -1.89. The summed E-state index contributed by atoms with van der Waals surface area (Å²) in [7, 11) is 3.41. The number of methoxy groups -OCH3 is 1. The van der Waals surface area contributed by atoms with Crippen LogP contribution in [0.25, 0.3) is 0 Å². The van der Waals surface area contributed by atoms with Crippen LogP contribution in [0.2, 0.25) is 0 Å². The van der Waals surface area contributed by atoms with Crippen LogP contribution in [0, 0.1) is 5.41 Å². The molecular formula is C16H24N4O3. The quantitative estimate of drug-likeness (QED) is 0.811. The molecule has 3 rings (SSSR count). The maximum Gasteiger partial charge on any atom is 0.272 e. The second-order valence-corrected chi connectivity index (χ2v) is 6.49. The molecule has 126 valence electrons. The average molecular weight is 320 g/mol. The number of aryl methyl sites for hydroxylation is 1. The molecule has 2 aliphatic rings. The summed E-state index contributed by atoms with van der Waals surface area (Å²) in [5.41, 5.74) is 0.170. The monoisotopic (exact) mass is 320 g/mol. The highest BCUT2D eigenvalue weighted by atomic mass is 16.5. The van der Waals surface area contributed by atoms with Crippen molar-refractivity contribution in [3.05, 3.63) is 18.0 Å². The summed E-state index contributed by atoms with van der Waals surface area (Å²) in [6, 6.07) is 1.73. The predicted molar refractivity (Wildman–Crippen MR) is 83.9 cm³/mol. The summed E-state index contributed by atoms with van der Waals surface area (Å²) in [4.78, 5) is 29.2. The zero-order valence-electron chi connectivity index (χ0n) is 13.8. The maximum atomic E-state index is 12.8.